The summed E-state index contributed by atoms with van der Waals surface area (Å²) in [6.45, 7) is 7.51. The maximum Gasteiger partial charge on any atom is 0.0791 e. The first kappa shape index (κ1) is 15.9. The molecule has 0 radical (unpaired) electrons. The molecule has 1 rings (SSSR count). The third kappa shape index (κ3) is 7.28. The molecule has 0 spiro atoms. The second-order valence-electron chi connectivity index (χ2n) is 5.16. The van der Waals surface area contributed by atoms with Gasteiger partial charge in [0, 0.05) is 39.8 Å². The zero-order chi connectivity index (χ0) is 13.2. The molecular weight excluding hydrogens is 230 g/mol. The van der Waals surface area contributed by atoms with Gasteiger partial charge in [-0.1, -0.05) is 0 Å². The van der Waals surface area contributed by atoms with Crippen LogP contribution < -0.4 is 5.32 Å². The largest absolute Gasteiger partial charge is 0.390 e. The van der Waals surface area contributed by atoms with Crippen LogP contribution in [0.15, 0.2) is 0 Å². The predicted octanol–water partition coefficient (Wildman–Crippen LogP) is -0.389. The lowest BCUT2D eigenvalue weighted by Gasteiger charge is -2.23. The van der Waals surface area contributed by atoms with E-state index in [4.69, 9.17) is 4.74 Å². The zero-order valence-electron chi connectivity index (χ0n) is 11.9. The van der Waals surface area contributed by atoms with Crippen LogP contribution in [0.3, 0.4) is 0 Å². The van der Waals surface area contributed by atoms with E-state index in [-0.39, 0.29) is 6.10 Å². The van der Waals surface area contributed by atoms with Crippen molar-refractivity contribution in [2.75, 3.05) is 66.6 Å². The maximum absolute atomic E-state index is 9.85. The molecule has 0 bridgehead atoms. The quantitative estimate of drug-likeness (QED) is 0.523. The van der Waals surface area contributed by atoms with Gasteiger partial charge in [-0.25, -0.2) is 0 Å². The van der Waals surface area contributed by atoms with Gasteiger partial charge in [0.2, 0.25) is 0 Å². The molecule has 5 nitrogen and oxygen atoms in total. The Morgan fingerprint density at radius 3 is 2.78 bits per heavy atom. The highest BCUT2D eigenvalue weighted by atomic mass is 16.5. The van der Waals surface area contributed by atoms with Crippen LogP contribution in [0, 0.1) is 0 Å². The molecule has 1 unspecified atom stereocenters. The lowest BCUT2D eigenvalue weighted by molar-refractivity contribution is 0.115. The molecule has 5 heteroatoms. The SMILES string of the molecule is COCCNCC(O)CN(C)CCN1CCCC1. The van der Waals surface area contributed by atoms with Gasteiger partial charge in [-0.2, -0.15) is 0 Å². The van der Waals surface area contributed by atoms with Crippen LogP contribution >= 0.6 is 0 Å². The summed E-state index contributed by atoms with van der Waals surface area (Å²) in [6, 6.07) is 0. The maximum atomic E-state index is 9.85. The van der Waals surface area contributed by atoms with E-state index in [1.807, 2.05) is 0 Å². The molecular formula is C13H29N3O2. The number of nitrogens with zero attached hydrogens (tertiary/aromatic N) is 2. The van der Waals surface area contributed by atoms with E-state index in [0.717, 1.165) is 26.2 Å². The number of nitrogens with one attached hydrogen (secondary N) is 1. The van der Waals surface area contributed by atoms with Gasteiger partial charge in [-0.3, -0.25) is 0 Å². The van der Waals surface area contributed by atoms with Gasteiger partial charge < -0.3 is 25.0 Å². The summed E-state index contributed by atoms with van der Waals surface area (Å²) in [5, 5.41) is 13.0. The predicted molar refractivity (Wildman–Crippen MR) is 73.9 cm³/mol. The summed E-state index contributed by atoms with van der Waals surface area (Å²) >= 11 is 0. The molecule has 2 N–H and O–H groups in total. The fourth-order valence-electron chi connectivity index (χ4n) is 2.28. The van der Waals surface area contributed by atoms with Crippen molar-refractivity contribution in [2.24, 2.45) is 0 Å². The number of hydrogen-bond donors (Lipinski definition) is 2. The van der Waals surface area contributed by atoms with Crippen molar-refractivity contribution in [2.45, 2.75) is 18.9 Å². The van der Waals surface area contributed by atoms with E-state index in [9.17, 15) is 5.11 Å². The van der Waals surface area contributed by atoms with Crippen molar-refractivity contribution >= 4 is 0 Å². The van der Waals surface area contributed by atoms with Crippen molar-refractivity contribution in [1.82, 2.24) is 15.1 Å². The fourth-order valence-corrected chi connectivity index (χ4v) is 2.28. The summed E-state index contributed by atoms with van der Waals surface area (Å²) in [5.74, 6) is 0. The average Bonchev–Trinajstić information content (AvgIpc) is 2.85. The molecule has 0 amide bonds. The molecule has 0 aliphatic carbocycles. The van der Waals surface area contributed by atoms with Gasteiger partial charge in [0.15, 0.2) is 0 Å². The molecule has 1 heterocycles. The standard InChI is InChI=1S/C13H29N3O2/c1-15(8-9-16-6-3-4-7-16)12-13(17)11-14-5-10-18-2/h13-14,17H,3-12H2,1-2H3. The van der Waals surface area contributed by atoms with Crippen LogP contribution in [0.2, 0.25) is 0 Å². The number of rotatable bonds is 10. The Hall–Kier alpha value is -0.200. The smallest absolute Gasteiger partial charge is 0.0791 e. The Labute approximate surface area is 111 Å². The van der Waals surface area contributed by atoms with Crippen molar-refractivity contribution in [3.05, 3.63) is 0 Å². The molecule has 0 aromatic rings. The average molecular weight is 259 g/mol. The Balaban J connectivity index is 1.98. The van der Waals surface area contributed by atoms with Gasteiger partial charge in [-0.15, -0.1) is 0 Å². The summed E-state index contributed by atoms with van der Waals surface area (Å²) in [7, 11) is 3.76. The van der Waals surface area contributed by atoms with E-state index in [1.54, 1.807) is 7.11 Å². The fraction of sp³-hybridized carbons (Fsp3) is 1.00. The Morgan fingerprint density at radius 1 is 1.39 bits per heavy atom. The summed E-state index contributed by atoms with van der Waals surface area (Å²) in [4.78, 5) is 4.71. The Morgan fingerprint density at radius 2 is 2.11 bits per heavy atom. The summed E-state index contributed by atoms with van der Waals surface area (Å²) < 4.78 is 4.94. The number of likely N-dealkylation sites (tertiary alicyclic amines) is 1. The first-order valence-electron chi connectivity index (χ1n) is 7.01. The minimum absolute atomic E-state index is 0.301. The van der Waals surface area contributed by atoms with Gasteiger partial charge in [0.05, 0.1) is 12.7 Å². The van der Waals surface area contributed by atoms with E-state index < -0.39 is 0 Å². The molecule has 18 heavy (non-hydrogen) atoms. The first-order valence-corrected chi connectivity index (χ1v) is 7.01. The zero-order valence-corrected chi connectivity index (χ0v) is 11.9. The summed E-state index contributed by atoms with van der Waals surface area (Å²) in [6.07, 6.45) is 2.39. The molecule has 1 atom stereocenters. The minimum Gasteiger partial charge on any atom is -0.390 e. The highest BCUT2D eigenvalue weighted by molar-refractivity contribution is 4.69. The third-order valence-corrected chi connectivity index (χ3v) is 3.38. The van der Waals surface area contributed by atoms with Crippen molar-refractivity contribution < 1.29 is 9.84 Å². The number of ether oxygens (including phenoxy) is 1. The highest BCUT2D eigenvalue weighted by Crippen LogP contribution is 2.06. The number of methoxy groups -OCH3 is 1. The van der Waals surface area contributed by atoms with Crippen LogP contribution in [-0.4, -0.2) is 87.6 Å². The number of aliphatic hydroxyl groups excluding tert-OH is 1. The van der Waals surface area contributed by atoms with Crippen molar-refractivity contribution in [1.29, 1.82) is 0 Å². The van der Waals surface area contributed by atoms with Crippen LogP contribution in [0.25, 0.3) is 0 Å². The lowest BCUT2D eigenvalue weighted by atomic mass is 10.3. The second-order valence-corrected chi connectivity index (χ2v) is 5.16. The van der Waals surface area contributed by atoms with Crippen LogP contribution in [-0.2, 0) is 4.74 Å². The first-order chi connectivity index (χ1) is 8.72. The highest BCUT2D eigenvalue weighted by Gasteiger charge is 2.13. The minimum atomic E-state index is -0.301. The normalized spacial score (nSPS) is 18.7. The van der Waals surface area contributed by atoms with Crippen molar-refractivity contribution in [3.63, 3.8) is 0 Å². The molecule has 0 aromatic heterocycles. The van der Waals surface area contributed by atoms with Crippen LogP contribution in [0.5, 0.6) is 0 Å². The van der Waals surface area contributed by atoms with E-state index in [0.29, 0.717) is 13.2 Å². The molecule has 108 valence electrons. The van der Waals surface area contributed by atoms with E-state index in [2.05, 4.69) is 22.2 Å². The van der Waals surface area contributed by atoms with Crippen LogP contribution in [0.1, 0.15) is 12.8 Å². The van der Waals surface area contributed by atoms with Gasteiger partial charge in [0.25, 0.3) is 0 Å². The summed E-state index contributed by atoms with van der Waals surface area (Å²) in [5.41, 5.74) is 0. The molecule has 1 aliphatic heterocycles. The van der Waals surface area contributed by atoms with Gasteiger partial charge >= 0.3 is 0 Å². The van der Waals surface area contributed by atoms with Gasteiger partial charge in [0.1, 0.15) is 0 Å². The number of aliphatic hydroxyl groups is 1. The van der Waals surface area contributed by atoms with Gasteiger partial charge in [-0.05, 0) is 33.0 Å². The molecule has 1 fully saturated rings. The number of likely N-dealkylation sites (N-methyl/N-ethyl adjacent to an activating group) is 1. The molecule has 0 aromatic carbocycles. The van der Waals surface area contributed by atoms with Crippen LogP contribution in [0.4, 0.5) is 0 Å². The molecule has 0 saturated carbocycles. The van der Waals surface area contributed by atoms with E-state index >= 15 is 0 Å². The second kappa shape index (κ2) is 9.69. The third-order valence-electron chi connectivity index (χ3n) is 3.38. The van der Waals surface area contributed by atoms with Crippen molar-refractivity contribution in [3.8, 4) is 0 Å². The topological polar surface area (TPSA) is 48.0 Å². The number of hydrogen-bond acceptors (Lipinski definition) is 5. The monoisotopic (exact) mass is 259 g/mol. The lowest BCUT2D eigenvalue weighted by Crippen LogP contribution is -2.40. The Bertz CT molecular complexity index is 199. The molecule has 1 saturated heterocycles. The Kier molecular flexibility index (Phi) is 8.54. The molecule has 1 aliphatic rings. The van der Waals surface area contributed by atoms with E-state index in [1.165, 1.54) is 25.9 Å².